The minimum absolute atomic E-state index is 1.03. The van der Waals surface area contributed by atoms with Gasteiger partial charge in [0.2, 0.25) is 0 Å². The van der Waals surface area contributed by atoms with Crippen LogP contribution < -0.4 is 0 Å². The molecular weight excluding hydrogens is 316 g/mol. The number of allylic oxidation sites excluding steroid dienone is 1. The van der Waals surface area contributed by atoms with Crippen molar-refractivity contribution in [3.05, 3.63) is 101 Å². The van der Waals surface area contributed by atoms with Gasteiger partial charge in [0.25, 0.3) is 0 Å². The molecule has 2 heteroatoms. The molecule has 5 rings (SSSR count). The number of aromatic nitrogens is 1. The Kier molecular flexibility index (Phi) is 3.36. The molecule has 1 aromatic heterocycles. The van der Waals surface area contributed by atoms with Gasteiger partial charge in [0.05, 0.1) is 5.69 Å². The number of nitrogens with one attached hydrogen (secondary N) is 1. The number of hydrogen-bond donors (Lipinski definition) is 1. The van der Waals surface area contributed by atoms with E-state index in [1.807, 2.05) is 12.3 Å². The maximum absolute atomic E-state index is 4.65. The third kappa shape index (κ3) is 2.31. The van der Waals surface area contributed by atoms with Crippen molar-refractivity contribution in [3.8, 4) is 0 Å². The highest BCUT2D eigenvalue weighted by Crippen LogP contribution is 2.40. The van der Waals surface area contributed by atoms with Crippen molar-refractivity contribution < 1.29 is 0 Å². The molecular formula is C24H18N2. The van der Waals surface area contributed by atoms with Crippen LogP contribution in [0.25, 0.3) is 22.0 Å². The Bertz CT molecular complexity index is 1190. The summed E-state index contributed by atoms with van der Waals surface area (Å²) in [5, 5.41) is 1.23. The standard InChI is InChI=1S/C24H18N2/c1-16-7-6-8-17(13-16)24(20-14-25-22-11-4-2-9-18(20)22)21-15-26-23-12-5-3-10-19(21)23/h2-15,25H,1H3. The lowest BCUT2D eigenvalue weighted by Gasteiger charge is -2.12. The SMILES string of the molecule is Cc1cccc(C(=C2C=Nc3ccccc32)c2c[nH]c3ccccc23)c1. The Morgan fingerprint density at radius 1 is 0.885 bits per heavy atom. The zero-order chi connectivity index (χ0) is 17.5. The van der Waals surface area contributed by atoms with E-state index in [1.165, 1.54) is 38.8 Å². The fraction of sp³-hybridized carbons (Fsp3) is 0.0417. The molecule has 0 fully saturated rings. The van der Waals surface area contributed by atoms with Crippen molar-refractivity contribution in [2.45, 2.75) is 6.92 Å². The largest absolute Gasteiger partial charge is 0.361 e. The number of nitrogens with zero attached hydrogens (tertiary/aromatic N) is 1. The lowest BCUT2D eigenvalue weighted by molar-refractivity contribution is 1.43. The lowest BCUT2D eigenvalue weighted by atomic mass is 9.89. The molecule has 0 bridgehead atoms. The van der Waals surface area contributed by atoms with Crippen LogP contribution in [0.5, 0.6) is 0 Å². The summed E-state index contributed by atoms with van der Waals surface area (Å²) in [4.78, 5) is 8.07. The van der Waals surface area contributed by atoms with Crippen LogP contribution in [0.3, 0.4) is 0 Å². The van der Waals surface area contributed by atoms with Gasteiger partial charge in [0.1, 0.15) is 0 Å². The fourth-order valence-electron chi connectivity index (χ4n) is 3.75. The molecule has 0 saturated carbocycles. The van der Waals surface area contributed by atoms with Gasteiger partial charge >= 0.3 is 0 Å². The van der Waals surface area contributed by atoms with Crippen LogP contribution in [0.15, 0.2) is 84.0 Å². The molecule has 4 aromatic rings. The maximum Gasteiger partial charge on any atom is 0.0709 e. The number of rotatable bonds is 2. The smallest absolute Gasteiger partial charge is 0.0709 e. The zero-order valence-electron chi connectivity index (χ0n) is 14.5. The predicted octanol–water partition coefficient (Wildman–Crippen LogP) is 6.15. The highest BCUT2D eigenvalue weighted by atomic mass is 14.8. The molecule has 1 N–H and O–H groups in total. The van der Waals surface area contributed by atoms with E-state index in [9.17, 15) is 0 Å². The molecule has 0 atom stereocenters. The average Bonchev–Trinajstić information content (AvgIpc) is 3.28. The van der Waals surface area contributed by atoms with Gasteiger partial charge in [0, 0.05) is 45.6 Å². The Morgan fingerprint density at radius 2 is 1.73 bits per heavy atom. The van der Waals surface area contributed by atoms with Gasteiger partial charge in [-0.15, -0.1) is 0 Å². The Labute approximate surface area is 152 Å². The van der Waals surface area contributed by atoms with Gasteiger partial charge in [0.15, 0.2) is 0 Å². The second-order valence-electron chi connectivity index (χ2n) is 6.68. The van der Waals surface area contributed by atoms with Gasteiger partial charge in [-0.05, 0) is 24.6 Å². The number of hydrogen-bond acceptors (Lipinski definition) is 1. The summed E-state index contributed by atoms with van der Waals surface area (Å²) in [6.07, 6.45) is 4.12. The summed E-state index contributed by atoms with van der Waals surface area (Å²) in [5.41, 5.74) is 9.45. The normalized spacial score (nSPS) is 14.7. The highest BCUT2D eigenvalue weighted by Gasteiger charge is 2.20. The molecule has 2 heterocycles. The van der Waals surface area contributed by atoms with Crippen molar-refractivity contribution in [3.63, 3.8) is 0 Å². The van der Waals surface area contributed by atoms with E-state index in [1.54, 1.807) is 0 Å². The van der Waals surface area contributed by atoms with Crippen molar-refractivity contribution in [1.29, 1.82) is 0 Å². The number of fused-ring (bicyclic) bond motifs is 2. The molecule has 26 heavy (non-hydrogen) atoms. The topological polar surface area (TPSA) is 28.1 Å². The fourth-order valence-corrected chi connectivity index (χ4v) is 3.75. The molecule has 0 aliphatic carbocycles. The van der Waals surface area contributed by atoms with Crippen LogP contribution >= 0.6 is 0 Å². The van der Waals surface area contributed by atoms with Crippen LogP contribution in [-0.4, -0.2) is 11.2 Å². The average molecular weight is 334 g/mol. The van der Waals surface area contributed by atoms with Gasteiger partial charge in [-0.1, -0.05) is 66.2 Å². The summed E-state index contributed by atoms with van der Waals surface area (Å²) < 4.78 is 0. The summed E-state index contributed by atoms with van der Waals surface area (Å²) in [7, 11) is 0. The van der Waals surface area contributed by atoms with E-state index < -0.39 is 0 Å². The summed E-state index contributed by atoms with van der Waals surface area (Å²) >= 11 is 0. The Morgan fingerprint density at radius 3 is 2.65 bits per heavy atom. The molecule has 3 aromatic carbocycles. The minimum atomic E-state index is 1.03. The lowest BCUT2D eigenvalue weighted by Crippen LogP contribution is -1.94. The van der Waals surface area contributed by atoms with Gasteiger partial charge in [-0.3, -0.25) is 4.99 Å². The minimum Gasteiger partial charge on any atom is -0.361 e. The van der Waals surface area contributed by atoms with E-state index >= 15 is 0 Å². The predicted molar refractivity (Wildman–Crippen MR) is 110 cm³/mol. The van der Waals surface area contributed by atoms with E-state index in [0.29, 0.717) is 0 Å². The van der Waals surface area contributed by atoms with Crippen molar-refractivity contribution >= 4 is 34.0 Å². The third-order valence-corrected chi connectivity index (χ3v) is 4.96. The molecule has 0 saturated heterocycles. The van der Waals surface area contributed by atoms with Gasteiger partial charge < -0.3 is 4.98 Å². The summed E-state index contributed by atoms with van der Waals surface area (Å²) in [6, 6.07) is 25.5. The monoisotopic (exact) mass is 334 g/mol. The van der Waals surface area contributed by atoms with E-state index in [2.05, 4.69) is 89.8 Å². The number of aromatic amines is 1. The third-order valence-electron chi connectivity index (χ3n) is 4.96. The summed E-state index contributed by atoms with van der Waals surface area (Å²) in [5.74, 6) is 0. The van der Waals surface area contributed by atoms with Crippen LogP contribution in [0.1, 0.15) is 22.3 Å². The molecule has 1 aliphatic heterocycles. The van der Waals surface area contributed by atoms with Crippen LogP contribution in [0.2, 0.25) is 0 Å². The Balaban J connectivity index is 1.86. The molecule has 1 aliphatic rings. The molecule has 2 nitrogen and oxygen atoms in total. The second-order valence-corrected chi connectivity index (χ2v) is 6.68. The first-order valence-corrected chi connectivity index (χ1v) is 8.82. The van der Waals surface area contributed by atoms with Crippen LogP contribution in [-0.2, 0) is 0 Å². The first-order chi connectivity index (χ1) is 12.8. The first-order valence-electron chi connectivity index (χ1n) is 8.82. The quantitative estimate of drug-likeness (QED) is 0.455. The molecule has 0 unspecified atom stereocenters. The van der Waals surface area contributed by atoms with E-state index in [-0.39, 0.29) is 0 Å². The number of H-pyrrole nitrogens is 1. The van der Waals surface area contributed by atoms with Crippen molar-refractivity contribution in [2.75, 3.05) is 0 Å². The number of aliphatic imine (C=N–C) groups is 1. The van der Waals surface area contributed by atoms with Crippen LogP contribution in [0, 0.1) is 6.92 Å². The van der Waals surface area contributed by atoms with Crippen molar-refractivity contribution in [1.82, 2.24) is 4.98 Å². The number of aryl methyl sites for hydroxylation is 1. The number of benzene rings is 3. The molecule has 0 spiro atoms. The number of para-hydroxylation sites is 2. The zero-order valence-corrected chi connectivity index (χ0v) is 14.5. The Hall–Kier alpha value is -3.39. The molecule has 124 valence electrons. The van der Waals surface area contributed by atoms with E-state index in [0.717, 1.165) is 11.2 Å². The highest BCUT2D eigenvalue weighted by molar-refractivity contribution is 6.27. The maximum atomic E-state index is 4.65. The second kappa shape index (κ2) is 5.85. The van der Waals surface area contributed by atoms with Crippen LogP contribution in [0.4, 0.5) is 5.69 Å². The van der Waals surface area contributed by atoms with Gasteiger partial charge in [-0.2, -0.15) is 0 Å². The first kappa shape index (κ1) is 14.9. The van der Waals surface area contributed by atoms with Crippen molar-refractivity contribution in [2.24, 2.45) is 4.99 Å². The van der Waals surface area contributed by atoms with E-state index in [4.69, 9.17) is 0 Å². The van der Waals surface area contributed by atoms with Gasteiger partial charge in [-0.25, -0.2) is 0 Å². The molecule has 0 amide bonds. The molecule has 0 radical (unpaired) electrons. The summed E-state index contributed by atoms with van der Waals surface area (Å²) in [6.45, 7) is 2.14.